The molecule has 1 aliphatic rings. The zero-order valence-corrected chi connectivity index (χ0v) is 21.0. The highest BCUT2D eigenvalue weighted by atomic mass is 16.2. The van der Waals surface area contributed by atoms with Crippen LogP contribution in [0.2, 0.25) is 0 Å². The van der Waals surface area contributed by atoms with Gasteiger partial charge in [0, 0.05) is 29.8 Å². The van der Waals surface area contributed by atoms with Crippen molar-refractivity contribution in [2.24, 2.45) is 0 Å². The third kappa shape index (κ3) is 4.68. The number of rotatable bonds is 6. The Kier molecular flexibility index (Phi) is 6.20. The molecule has 2 amide bonds. The molecule has 4 heterocycles. The Labute approximate surface area is 219 Å². The Morgan fingerprint density at radius 2 is 1.92 bits per heavy atom. The molecule has 2 aromatic carbocycles. The number of piperidine rings is 1. The van der Waals surface area contributed by atoms with E-state index >= 15 is 0 Å². The number of benzene rings is 2. The summed E-state index contributed by atoms with van der Waals surface area (Å²) >= 11 is 0. The summed E-state index contributed by atoms with van der Waals surface area (Å²) in [6, 6.07) is 15.3. The van der Waals surface area contributed by atoms with Crippen LogP contribution in [0.15, 0.2) is 67.1 Å². The number of carbonyl (C=O) groups is 2. The van der Waals surface area contributed by atoms with Crippen molar-refractivity contribution in [3.63, 3.8) is 0 Å². The van der Waals surface area contributed by atoms with Crippen LogP contribution in [0.5, 0.6) is 0 Å². The summed E-state index contributed by atoms with van der Waals surface area (Å²) < 4.78 is 1.79. The van der Waals surface area contributed by atoms with Gasteiger partial charge in [-0.05, 0) is 49.4 Å². The van der Waals surface area contributed by atoms with Crippen LogP contribution < -0.4 is 5.32 Å². The summed E-state index contributed by atoms with van der Waals surface area (Å²) in [5.41, 5.74) is 4.87. The first-order valence-corrected chi connectivity index (χ1v) is 12.7. The lowest BCUT2D eigenvalue weighted by Crippen LogP contribution is -2.38. The molecule has 6 rings (SSSR count). The van der Waals surface area contributed by atoms with Crippen molar-refractivity contribution in [2.45, 2.75) is 38.8 Å². The largest absolute Gasteiger partial charge is 0.330 e. The molecule has 0 spiro atoms. The fourth-order valence-electron chi connectivity index (χ4n) is 5.12. The third-order valence-electron chi connectivity index (χ3n) is 7.04. The normalized spacial score (nSPS) is 15.6. The molecular formula is C28H28N8O2. The number of amides is 2. The molecular weight excluding hydrogens is 480 g/mol. The zero-order valence-electron chi connectivity index (χ0n) is 21.0. The average molecular weight is 509 g/mol. The molecule has 0 aliphatic carbocycles. The van der Waals surface area contributed by atoms with Crippen molar-refractivity contribution in [1.29, 1.82) is 0 Å². The van der Waals surface area contributed by atoms with Gasteiger partial charge in [-0.25, -0.2) is 0 Å². The molecule has 5 aromatic rings. The Hall–Kier alpha value is -4.73. The van der Waals surface area contributed by atoms with Gasteiger partial charge in [-0.15, -0.1) is 0 Å². The quantitative estimate of drug-likeness (QED) is 0.312. The number of fused-ring (bicyclic) bond motifs is 1. The van der Waals surface area contributed by atoms with Crippen LogP contribution in [0.1, 0.15) is 62.8 Å². The Morgan fingerprint density at radius 1 is 1.05 bits per heavy atom. The molecule has 10 nitrogen and oxygen atoms in total. The van der Waals surface area contributed by atoms with Crippen LogP contribution in [0.3, 0.4) is 0 Å². The fourth-order valence-corrected chi connectivity index (χ4v) is 5.12. The van der Waals surface area contributed by atoms with Gasteiger partial charge in [0.05, 0.1) is 41.8 Å². The van der Waals surface area contributed by atoms with Crippen LogP contribution >= 0.6 is 0 Å². The van der Waals surface area contributed by atoms with Gasteiger partial charge in [0.15, 0.2) is 5.82 Å². The molecule has 38 heavy (non-hydrogen) atoms. The minimum absolute atomic E-state index is 0.0573. The Bertz CT molecular complexity index is 1600. The minimum atomic E-state index is -0.253. The maximum atomic E-state index is 13.5. The third-order valence-corrected chi connectivity index (χ3v) is 7.04. The van der Waals surface area contributed by atoms with E-state index in [4.69, 9.17) is 0 Å². The number of nitrogens with one attached hydrogen (secondary N) is 3. The number of hydrogen-bond donors (Lipinski definition) is 3. The molecule has 1 fully saturated rings. The summed E-state index contributed by atoms with van der Waals surface area (Å²) in [7, 11) is 0. The van der Waals surface area contributed by atoms with Crippen LogP contribution in [-0.4, -0.2) is 53.4 Å². The van der Waals surface area contributed by atoms with Crippen molar-refractivity contribution >= 4 is 28.5 Å². The zero-order chi connectivity index (χ0) is 26.1. The first-order chi connectivity index (χ1) is 18.5. The second-order valence-electron chi connectivity index (χ2n) is 9.71. The second-order valence-corrected chi connectivity index (χ2v) is 9.71. The standard InChI is InChI=1S/C28H28N8O2/c1-18-11-20(12-21-14-29-34-26(18)21)27(37)31-25-13-23(32-33-25)24-9-5-6-10-36(24)28(38)22-15-30-35(17-22)16-19-7-3-2-4-8-19/h2-4,7-8,11-15,17,24H,5-6,9-10,16H2,1H3,(H,29,34)(H2,31,32,33,37). The lowest BCUT2D eigenvalue weighted by Gasteiger charge is -2.34. The van der Waals surface area contributed by atoms with Gasteiger partial charge in [-0.1, -0.05) is 30.3 Å². The van der Waals surface area contributed by atoms with Gasteiger partial charge in [-0.3, -0.25) is 24.5 Å². The summed E-state index contributed by atoms with van der Waals surface area (Å²) in [6.07, 6.45) is 7.90. The highest BCUT2D eigenvalue weighted by Gasteiger charge is 2.31. The summed E-state index contributed by atoms with van der Waals surface area (Å²) in [6.45, 7) is 3.19. The first kappa shape index (κ1) is 23.7. The highest BCUT2D eigenvalue weighted by molar-refractivity contribution is 6.06. The van der Waals surface area contributed by atoms with Crippen LogP contribution in [0.4, 0.5) is 5.82 Å². The van der Waals surface area contributed by atoms with Crippen LogP contribution in [0, 0.1) is 6.92 Å². The number of nitrogens with zero attached hydrogens (tertiary/aromatic N) is 5. The maximum Gasteiger partial charge on any atom is 0.257 e. The molecule has 0 saturated carbocycles. The smallest absolute Gasteiger partial charge is 0.257 e. The highest BCUT2D eigenvalue weighted by Crippen LogP contribution is 2.32. The molecule has 192 valence electrons. The molecule has 0 bridgehead atoms. The van der Waals surface area contributed by atoms with Gasteiger partial charge in [0.25, 0.3) is 11.8 Å². The number of likely N-dealkylation sites (tertiary alicyclic amines) is 1. The number of H-pyrrole nitrogens is 2. The van der Waals surface area contributed by atoms with E-state index in [0.717, 1.165) is 47.0 Å². The first-order valence-electron chi connectivity index (χ1n) is 12.7. The van der Waals surface area contributed by atoms with E-state index in [1.165, 1.54) is 0 Å². The lowest BCUT2D eigenvalue weighted by molar-refractivity contribution is 0.0605. The van der Waals surface area contributed by atoms with Gasteiger partial charge < -0.3 is 10.2 Å². The van der Waals surface area contributed by atoms with Crippen molar-refractivity contribution < 1.29 is 9.59 Å². The van der Waals surface area contributed by atoms with E-state index in [1.54, 1.807) is 29.3 Å². The van der Waals surface area contributed by atoms with E-state index in [9.17, 15) is 9.59 Å². The fraction of sp³-hybridized carbons (Fsp3) is 0.250. The summed E-state index contributed by atoms with van der Waals surface area (Å²) in [5.74, 6) is 0.110. The molecule has 1 aliphatic heterocycles. The SMILES string of the molecule is Cc1cc(C(=O)Nc2cc(C3CCCCN3C(=O)c3cnn(Cc4ccccc4)c3)[nH]n2)cc2cn[nH]c12. The number of anilines is 1. The summed E-state index contributed by atoms with van der Waals surface area (Å²) in [4.78, 5) is 28.3. The molecule has 1 saturated heterocycles. The monoisotopic (exact) mass is 508 g/mol. The molecule has 1 atom stereocenters. The minimum Gasteiger partial charge on any atom is -0.330 e. The molecule has 1 unspecified atom stereocenters. The number of aromatic amines is 2. The molecule has 3 aromatic heterocycles. The van der Waals surface area contributed by atoms with Gasteiger partial charge >= 0.3 is 0 Å². The lowest BCUT2D eigenvalue weighted by atomic mass is 9.98. The van der Waals surface area contributed by atoms with Crippen LogP contribution in [-0.2, 0) is 6.54 Å². The molecule has 3 N–H and O–H groups in total. The maximum absolute atomic E-state index is 13.5. The van der Waals surface area contributed by atoms with Crippen molar-refractivity contribution in [1.82, 2.24) is 35.1 Å². The predicted octanol–water partition coefficient (Wildman–Crippen LogP) is 4.46. The average Bonchev–Trinajstić information content (AvgIpc) is 3.70. The van der Waals surface area contributed by atoms with Crippen molar-refractivity contribution in [2.75, 3.05) is 11.9 Å². The van der Waals surface area contributed by atoms with Crippen LogP contribution in [0.25, 0.3) is 10.9 Å². The predicted molar refractivity (Wildman–Crippen MR) is 143 cm³/mol. The number of hydrogen-bond acceptors (Lipinski definition) is 5. The second kappa shape index (κ2) is 9.97. The summed E-state index contributed by atoms with van der Waals surface area (Å²) in [5, 5.41) is 22.5. The van der Waals surface area contributed by atoms with E-state index in [0.29, 0.717) is 30.0 Å². The van der Waals surface area contributed by atoms with E-state index in [2.05, 4.69) is 30.8 Å². The van der Waals surface area contributed by atoms with Gasteiger partial charge in [-0.2, -0.15) is 15.3 Å². The molecule has 0 radical (unpaired) electrons. The number of aryl methyl sites for hydroxylation is 1. The molecule has 10 heteroatoms. The van der Waals surface area contributed by atoms with Gasteiger partial charge in [0.1, 0.15) is 0 Å². The van der Waals surface area contributed by atoms with Gasteiger partial charge in [0.2, 0.25) is 0 Å². The topological polar surface area (TPSA) is 125 Å². The van der Waals surface area contributed by atoms with Crippen molar-refractivity contribution in [3.8, 4) is 0 Å². The number of aromatic nitrogens is 6. The van der Waals surface area contributed by atoms with E-state index in [-0.39, 0.29) is 17.9 Å². The van der Waals surface area contributed by atoms with E-state index < -0.39 is 0 Å². The van der Waals surface area contributed by atoms with E-state index in [1.807, 2.05) is 54.3 Å². The Morgan fingerprint density at radius 3 is 2.79 bits per heavy atom. The number of carbonyl (C=O) groups excluding carboxylic acids is 2. The Balaban J connectivity index is 1.16. The van der Waals surface area contributed by atoms with Crippen molar-refractivity contribution in [3.05, 3.63) is 95.1 Å².